The molecule has 0 radical (unpaired) electrons. The van der Waals surface area contributed by atoms with Gasteiger partial charge in [0.2, 0.25) is 0 Å². The van der Waals surface area contributed by atoms with Gasteiger partial charge in [-0.2, -0.15) is 0 Å². The number of furan rings is 1. The second-order valence-corrected chi connectivity index (χ2v) is 4.89. The average molecular weight is 289 g/mol. The topological polar surface area (TPSA) is 60.4 Å². The molecule has 1 aromatic rings. The number of nitrogens with one attached hydrogen (secondary N) is 1. The van der Waals surface area contributed by atoms with Crippen molar-refractivity contribution in [3.8, 4) is 0 Å². The molecule has 1 fully saturated rings. The summed E-state index contributed by atoms with van der Waals surface area (Å²) in [7, 11) is 0. The zero-order valence-corrected chi connectivity index (χ0v) is 10.9. The third-order valence-corrected chi connectivity index (χ3v) is 3.54. The Labute approximate surface area is 104 Å². The Morgan fingerprint density at radius 1 is 1.69 bits per heavy atom. The van der Waals surface area contributed by atoms with E-state index < -0.39 is 0 Å². The van der Waals surface area contributed by atoms with E-state index in [1.807, 2.05) is 13.0 Å². The largest absolute Gasteiger partial charge is 0.466 e. The lowest BCUT2D eigenvalue weighted by Gasteiger charge is -2.25. The SMILES string of the molecule is CCOC(C1CC1)C(NN)c1occc1Br. The van der Waals surface area contributed by atoms with Crippen LogP contribution in [0.5, 0.6) is 0 Å². The lowest BCUT2D eigenvalue weighted by molar-refractivity contribution is 0.0129. The molecule has 2 unspecified atom stereocenters. The maximum Gasteiger partial charge on any atom is 0.138 e. The first kappa shape index (κ1) is 12.1. The van der Waals surface area contributed by atoms with E-state index in [1.54, 1.807) is 6.26 Å². The van der Waals surface area contributed by atoms with Gasteiger partial charge < -0.3 is 9.15 Å². The Hall–Kier alpha value is -0.360. The third-order valence-electron chi connectivity index (χ3n) is 2.88. The van der Waals surface area contributed by atoms with Gasteiger partial charge in [0.25, 0.3) is 0 Å². The molecule has 0 spiro atoms. The highest BCUT2D eigenvalue weighted by molar-refractivity contribution is 9.10. The first-order valence-electron chi connectivity index (χ1n) is 5.58. The highest BCUT2D eigenvalue weighted by Gasteiger charge is 2.39. The van der Waals surface area contributed by atoms with Gasteiger partial charge in [0, 0.05) is 6.61 Å². The normalized spacial score (nSPS) is 19.7. The molecule has 90 valence electrons. The van der Waals surface area contributed by atoms with Gasteiger partial charge >= 0.3 is 0 Å². The maximum absolute atomic E-state index is 5.77. The number of nitrogens with two attached hydrogens (primary N) is 1. The minimum absolute atomic E-state index is 0.0863. The molecule has 1 heterocycles. The number of hydrogen-bond acceptors (Lipinski definition) is 4. The highest BCUT2D eigenvalue weighted by atomic mass is 79.9. The van der Waals surface area contributed by atoms with E-state index in [-0.39, 0.29) is 12.1 Å². The monoisotopic (exact) mass is 288 g/mol. The molecule has 16 heavy (non-hydrogen) atoms. The third kappa shape index (κ3) is 2.48. The Balaban J connectivity index is 2.16. The van der Waals surface area contributed by atoms with E-state index in [2.05, 4.69) is 21.4 Å². The lowest BCUT2D eigenvalue weighted by Crippen LogP contribution is -2.39. The van der Waals surface area contributed by atoms with Gasteiger partial charge in [0.15, 0.2) is 0 Å². The Kier molecular flexibility index (Phi) is 4.02. The van der Waals surface area contributed by atoms with Crippen LogP contribution < -0.4 is 11.3 Å². The van der Waals surface area contributed by atoms with Gasteiger partial charge in [-0.1, -0.05) is 0 Å². The molecule has 0 saturated heterocycles. The summed E-state index contributed by atoms with van der Waals surface area (Å²) in [6, 6.07) is 1.78. The predicted octanol–water partition coefficient (Wildman–Crippen LogP) is 2.36. The number of hydrogen-bond donors (Lipinski definition) is 2. The van der Waals surface area contributed by atoms with Crippen molar-refractivity contribution >= 4 is 15.9 Å². The molecule has 0 bridgehead atoms. The van der Waals surface area contributed by atoms with E-state index in [1.165, 1.54) is 12.8 Å². The minimum atomic E-state index is -0.0863. The fraction of sp³-hybridized carbons (Fsp3) is 0.636. The van der Waals surface area contributed by atoms with Crippen LogP contribution in [0.2, 0.25) is 0 Å². The summed E-state index contributed by atoms with van der Waals surface area (Å²) in [6.45, 7) is 2.69. The number of halogens is 1. The van der Waals surface area contributed by atoms with Crippen LogP contribution in [0.15, 0.2) is 21.2 Å². The molecule has 1 saturated carbocycles. The fourth-order valence-electron chi connectivity index (χ4n) is 1.97. The summed E-state index contributed by atoms with van der Waals surface area (Å²) in [6.07, 6.45) is 4.17. The van der Waals surface area contributed by atoms with Gasteiger partial charge in [-0.3, -0.25) is 5.84 Å². The first-order chi connectivity index (χ1) is 7.77. The molecule has 3 N–H and O–H groups in total. The fourth-order valence-corrected chi connectivity index (χ4v) is 2.42. The summed E-state index contributed by atoms with van der Waals surface area (Å²) in [4.78, 5) is 0. The molecule has 0 aromatic carbocycles. The second kappa shape index (κ2) is 5.31. The van der Waals surface area contributed by atoms with Crippen molar-refractivity contribution in [3.05, 3.63) is 22.6 Å². The van der Waals surface area contributed by atoms with Gasteiger partial charge in [-0.25, -0.2) is 5.43 Å². The van der Waals surface area contributed by atoms with Crippen molar-refractivity contribution in [2.45, 2.75) is 31.9 Å². The lowest BCUT2D eigenvalue weighted by atomic mass is 10.0. The van der Waals surface area contributed by atoms with Gasteiger partial charge in [-0.05, 0) is 47.7 Å². The Morgan fingerprint density at radius 3 is 2.88 bits per heavy atom. The molecule has 4 nitrogen and oxygen atoms in total. The Bertz CT molecular complexity index is 338. The van der Waals surface area contributed by atoms with Crippen LogP contribution in [0.3, 0.4) is 0 Å². The number of rotatable bonds is 6. The van der Waals surface area contributed by atoms with E-state index in [0.29, 0.717) is 12.5 Å². The molecule has 5 heteroatoms. The highest BCUT2D eigenvalue weighted by Crippen LogP contribution is 2.41. The summed E-state index contributed by atoms with van der Waals surface area (Å²) in [5.74, 6) is 7.03. The van der Waals surface area contributed by atoms with E-state index >= 15 is 0 Å². The van der Waals surface area contributed by atoms with E-state index in [0.717, 1.165) is 10.2 Å². The van der Waals surface area contributed by atoms with Crippen molar-refractivity contribution in [2.24, 2.45) is 11.8 Å². The molecule has 1 aliphatic rings. The first-order valence-corrected chi connectivity index (χ1v) is 6.37. The van der Waals surface area contributed by atoms with Crippen LogP contribution in [-0.4, -0.2) is 12.7 Å². The predicted molar refractivity (Wildman–Crippen MR) is 64.6 cm³/mol. The van der Waals surface area contributed by atoms with Gasteiger partial charge in [0.05, 0.1) is 16.8 Å². The minimum Gasteiger partial charge on any atom is -0.466 e. The smallest absolute Gasteiger partial charge is 0.138 e. The molecule has 0 amide bonds. The number of ether oxygens (including phenoxy) is 1. The van der Waals surface area contributed by atoms with Crippen molar-refractivity contribution in [1.82, 2.24) is 5.43 Å². The molecule has 1 aliphatic carbocycles. The van der Waals surface area contributed by atoms with Crippen LogP contribution >= 0.6 is 15.9 Å². The summed E-state index contributed by atoms with van der Waals surface area (Å²) in [5, 5.41) is 0. The van der Waals surface area contributed by atoms with E-state index in [9.17, 15) is 0 Å². The number of hydrazine groups is 1. The van der Waals surface area contributed by atoms with Crippen molar-refractivity contribution in [2.75, 3.05) is 6.61 Å². The van der Waals surface area contributed by atoms with Crippen LogP contribution in [0.25, 0.3) is 0 Å². The standard InChI is InChI=1S/C11H17BrN2O2/c1-2-15-10(7-3-4-7)9(14-13)11-8(12)5-6-16-11/h5-7,9-10,14H,2-4,13H2,1H3. The summed E-state index contributed by atoms with van der Waals surface area (Å²) >= 11 is 3.45. The van der Waals surface area contributed by atoms with Crippen LogP contribution in [0.4, 0.5) is 0 Å². The molecule has 2 rings (SSSR count). The molecule has 1 aromatic heterocycles. The molecule has 2 atom stereocenters. The summed E-state index contributed by atoms with van der Waals surface area (Å²) < 4.78 is 12.2. The second-order valence-electron chi connectivity index (χ2n) is 4.03. The van der Waals surface area contributed by atoms with Crippen LogP contribution in [-0.2, 0) is 4.74 Å². The van der Waals surface area contributed by atoms with Crippen molar-refractivity contribution in [1.29, 1.82) is 0 Å². The zero-order valence-electron chi connectivity index (χ0n) is 9.28. The molecule has 0 aliphatic heterocycles. The van der Waals surface area contributed by atoms with Crippen LogP contribution in [0, 0.1) is 5.92 Å². The van der Waals surface area contributed by atoms with Gasteiger partial charge in [-0.15, -0.1) is 0 Å². The zero-order chi connectivity index (χ0) is 11.5. The maximum atomic E-state index is 5.77. The summed E-state index contributed by atoms with van der Waals surface area (Å²) in [5.41, 5.74) is 2.80. The van der Waals surface area contributed by atoms with E-state index in [4.69, 9.17) is 15.0 Å². The van der Waals surface area contributed by atoms with Gasteiger partial charge in [0.1, 0.15) is 11.8 Å². The average Bonchev–Trinajstić information content (AvgIpc) is 3.03. The van der Waals surface area contributed by atoms with Crippen LogP contribution in [0.1, 0.15) is 31.6 Å². The Morgan fingerprint density at radius 2 is 2.44 bits per heavy atom. The quantitative estimate of drug-likeness (QED) is 0.623. The molecular formula is C11H17BrN2O2. The molecular weight excluding hydrogens is 272 g/mol. The van der Waals surface area contributed by atoms with Crippen molar-refractivity contribution < 1.29 is 9.15 Å². The van der Waals surface area contributed by atoms with Crippen molar-refractivity contribution in [3.63, 3.8) is 0 Å².